The smallest absolute Gasteiger partial charge is 0.276 e. The van der Waals surface area contributed by atoms with Crippen molar-refractivity contribution in [2.24, 2.45) is 0 Å². The third-order valence-corrected chi connectivity index (χ3v) is 4.08. The molecule has 2 aromatic rings. The average Bonchev–Trinajstić information content (AvgIpc) is 3.12. The van der Waals surface area contributed by atoms with Gasteiger partial charge in [-0.15, -0.1) is 11.3 Å². The number of amides is 3. The zero-order valence-electron chi connectivity index (χ0n) is 12.4. The number of hydrogen-bond acceptors (Lipinski definition) is 5. The molecule has 3 N–H and O–H groups in total. The van der Waals surface area contributed by atoms with Crippen LogP contribution in [0.1, 0.15) is 9.67 Å². The standard InChI is InChI=1S/C15H14BrN3O4S/c16-10-3-5-11(6-4-10)23-9-14(21)19-18-13(20)8-17-15(22)12-2-1-7-24-12/h1-7H,8-9H2,(H,17,22)(H,18,20)(H,19,21). The third-order valence-electron chi connectivity index (χ3n) is 2.68. The van der Waals surface area contributed by atoms with E-state index in [4.69, 9.17) is 4.74 Å². The SMILES string of the molecule is O=C(CNC(=O)c1cccs1)NNC(=O)COc1ccc(Br)cc1. The summed E-state index contributed by atoms with van der Waals surface area (Å²) in [6, 6.07) is 10.4. The summed E-state index contributed by atoms with van der Waals surface area (Å²) in [6.45, 7) is -0.492. The first-order chi connectivity index (χ1) is 11.5. The molecular formula is C15H14BrN3O4S. The zero-order valence-corrected chi connectivity index (χ0v) is 14.8. The minimum absolute atomic E-state index is 0.245. The van der Waals surface area contributed by atoms with Gasteiger partial charge in [-0.3, -0.25) is 25.2 Å². The first kappa shape index (κ1) is 18.0. The number of benzene rings is 1. The van der Waals surface area contributed by atoms with Crippen molar-refractivity contribution in [1.29, 1.82) is 0 Å². The lowest BCUT2D eigenvalue weighted by Crippen LogP contribution is -2.47. The van der Waals surface area contributed by atoms with E-state index in [0.717, 1.165) is 4.47 Å². The van der Waals surface area contributed by atoms with Gasteiger partial charge in [-0.05, 0) is 35.7 Å². The molecule has 24 heavy (non-hydrogen) atoms. The molecule has 0 atom stereocenters. The summed E-state index contributed by atoms with van der Waals surface area (Å²) in [4.78, 5) is 35.3. The monoisotopic (exact) mass is 411 g/mol. The Morgan fingerprint density at radius 2 is 1.75 bits per heavy atom. The Kier molecular flexibility index (Phi) is 6.76. The van der Waals surface area contributed by atoms with E-state index in [0.29, 0.717) is 10.6 Å². The fourth-order valence-corrected chi connectivity index (χ4v) is 2.46. The average molecular weight is 412 g/mol. The van der Waals surface area contributed by atoms with Crippen LogP contribution in [-0.4, -0.2) is 30.9 Å². The highest BCUT2D eigenvalue weighted by Gasteiger charge is 2.09. The first-order valence-electron chi connectivity index (χ1n) is 6.82. The first-order valence-corrected chi connectivity index (χ1v) is 8.49. The van der Waals surface area contributed by atoms with Crippen LogP contribution in [0.4, 0.5) is 0 Å². The molecule has 0 aliphatic carbocycles. The highest BCUT2D eigenvalue weighted by molar-refractivity contribution is 9.10. The lowest BCUT2D eigenvalue weighted by Gasteiger charge is -2.09. The Balaban J connectivity index is 1.63. The van der Waals surface area contributed by atoms with Crippen LogP contribution in [0.15, 0.2) is 46.3 Å². The van der Waals surface area contributed by atoms with Gasteiger partial charge in [0.2, 0.25) is 0 Å². The van der Waals surface area contributed by atoms with Gasteiger partial charge < -0.3 is 10.1 Å². The molecule has 0 radical (unpaired) electrons. The van der Waals surface area contributed by atoms with Gasteiger partial charge in [-0.2, -0.15) is 0 Å². The highest BCUT2D eigenvalue weighted by atomic mass is 79.9. The lowest BCUT2D eigenvalue weighted by atomic mass is 10.3. The highest BCUT2D eigenvalue weighted by Crippen LogP contribution is 2.15. The molecule has 1 aromatic heterocycles. The number of halogens is 1. The van der Waals surface area contributed by atoms with E-state index in [1.165, 1.54) is 11.3 Å². The maximum Gasteiger partial charge on any atom is 0.276 e. The van der Waals surface area contributed by atoms with Gasteiger partial charge >= 0.3 is 0 Å². The summed E-state index contributed by atoms with van der Waals surface area (Å²) in [7, 11) is 0. The summed E-state index contributed by atoms with van der Waals surface area (Å²) in [5.41, 5.74) is 4.39. The minimum Gasteiger partial charge on any atom is -0.484 e. The number of hydrogen-bond donors (Lipinski definition) is 3. The quantitative estimate of drug-likeness (QED) is 0.626. The Morgan fingerprint density at radius 3 is 2.42 bits per heavy atom. The summed E-state index contributed by atoms with van der Waals surface area (Å²) in [5, 5.41) is 4.21. The third kappa shape index (κ3) is 6.01. The fraction of sp³-hybridized carbons (Fsp3) is 0.133. The second kappa shape index (κ2) is 9.04. The number of nitrogens with one attached hydrogen (secondary N) is 3. The number of thiophene rings is 1. The van der Waals surface area contributed by atoms with Crippen LogP contribution in [-0.2, 0) is 9.59 Å². The van der Waals surface area contributed by atoms with Gasteiger partial charge in [-0.1, -0.05) is 22.0 Å². The molecule has 1 aromatic carbocycles. The van der Waals surface area contributed by atoms with E-state index in [2.05, 4.69) is 32.1 Å². The number of rotatable bonds is 6. The fourth-order valence-electron chi connectivity index (χ4n) is 1.55. The predicted molar refractivity (Wildman–Crippen MR) is 92.6 cm³/mol. The summed E-state index contributed by atoms with van der Waals surface area (Å²) in [5.74, 6) is -0.874. The summed E-state index contributed by atoms with van der Waals surface area (Å²) < 4.78 is 6.15. The molecule has 1 heterocycles. The predicted octanol–water partition coefficient (Wildman–Crippen LogP) is 1.47. The number of ether oxygens (including phenoxy) is 1. The molecule has 0 spiro atoms. The Hall–Kier alpha value is -2.39. The molecule has 2 rings (SSSR count). The molecular weight excluding hydrogens is 398 g/mol. The molecule has 7 nitrogen and oxygen atoms in total. The van der Waals surface area contributed by atoms with Gasteiger partial charge in [0.1, 0.15) is 5.75 Å². The van der Waals surface area contributed by atoms with Gasteiger partial charge in [-0.25, -0.2) is 0 Å². The molecule has 126 valence electrons. The normalized spacial score (nSPS) is 9.88. The van der Waals surface area contributed by atoms with E-state index < -0.39 is 11.8 Å². The van der Waals surface area contributed by atoms with Crippen molar-refractivity contribution in [2.45, 2.75) is 0 Å². The van der Waals surface area contributed by atoms with Crippen LogP contribution in [0.5, 0.6) is 5.75 Å². The van der Waals surface area contributed by atoms with E-state index in [1.54, 1.807) is 41.8 Å². The van der Waals surface area contributed by atoms with Gasteiger partial charge in [0.15, 0.2) is 6.61 Å². The van der Waals surface area contributed by atoms with Gasteiger partial charge in [0.05, 0.1) is 11.4 Å². The second-order valence-corrected chi connectivity index (χ2v) is 6.36. The van der Waals surface area contributed by atoms with E-state index in [9.17, 15) is 14.4 Å². The van der Waals surface area contributed by atoms with E-state index in [1.807, 2.05) is 0 Å². The maximum atomic E-state index is 11.6. The Labute approximate surface area is 150 Å². The Bertz CT molecular complexity index is 704. The summed E-state index contributed by atoms with van der Waals surface area (Å²) in [6.07, 6.45) is 0. The zero-order chi connectivity index (χ0) is 17.4. The molecule has 0 bridgehead atoms. The van der Waals surface area contributed by atoms with Crippen LogP contribution >= 0.6 is 27.3 Å². The molecule has 0 fully saturated rings. The van der Waals surface area contributed by atoms with E-state index >= 15 is 0 Å². The van der Waals surface area contributed by atoms with Crippen molar-refractivity contribution in [3.8, 4) is 5.75 Å². The van der Waals surface area contributed by atoms with Crippen LogP contribution in [0.25, 0.3) is 0 Å². The number of hydrazine groups is 1. The van der Waals surface area contributed by atoms with E-state index in [-0.39, 0.29) is 19.1 Å². The minimum atomic E-state index is -0.545. The van der Waals surface area contributed by atoms with Crippen LogP contribution in [0.3, 0.4) is 0 Å². The van der Waals surface area contributed by atoms with Crippen LogP contribution < -0.4 is 20.9 Å². The lowest BCUT2D eigenvalue weighted by molar-refractivity contribution is -0.129. The van der Waals surface area contributed by atoms with Crippen LogP contribution in [0.2, 0.25) is 0 Å². The molecule has 3 amide bonds. The van der Waals surface area contributed by atoms with Crippen LogP contribution in [0, 0.1) is 0 Å². The maximum absolute atomic E-state index is 11.6. The molecule has 0 saturated carbocycles. The Morgan fingerprint density at radius 1 is 1.04 bits per heavy atom. The summed E-state index contributed by atoms with van der Waals surface area (Å²) >= 11 is 4.57. The molecule has 0 unspecified atom stereocenters. The van der Waals surface area contributed by atoms with Crippen molar-refractivity contribution in [1.82, 2.24) is 16.2 Å². The molecule has 0 aliphatic heterocycles. The van der Waals surface area contributed by atoms with Crippen molar-refractivity contribution in [3.63, 3.8) is 0 Å². The molecule has 0 aliphatic rings. The van der Waals surface area contributed by atoms with Gasteiger partial charge in [0, 0.05) is 4.47 Å². The number of carbonyl (C=O) groups is 3. The van der Waals surface area contributed by atoms with Crippen molar-refractivity contribution in [3.05, 3.63) is 51.1 Å². The number of carbonyl (C=O) groups excluding carboxylic acids is 3. The molecule has 9 heteroatoms. The largest absolute Gasteiger partial charge is 0.484 e. The van der Waals surface area contributed by atoms with Crippen molar-refractivity contribution in [2.75, 3.05) is 13.2 Å². The van der Waals surface area contributed by atoms with Crippen molar-refractivity contribution >= 4 is 45.0 Å². The molecule has 0 saturated heterocycles. The topological polar surface area (TPSA) is 96.5 Å². The second-order valence-electron chi connectivity index (χ2n) is 4.50. The van der Waals surface area contributed by atoms with Gasteiger partial charge in [0.25, 0.3) is 17.7 Å². The van der Waals surface area contributed by atoms with Crippen molar-refractivity contribution < 1.29 is 19.1 Å².